The standard InChI is InChI=1S/3C4H10N.C3H7.H2N.Ta/c3*1-3-5-4-2;1-3-2;;/h3*3-4H2,1-2H3;1,3H2,2H3;1H2;/q5*-1;+5. The topological polar surface area (TPSA) is 75.8 Å². The van der Waals surface area contributed by atoms with Crippen LogP contribution in [0.25, 0.3) is 22.1 Å². The van der Waals surface area contributed by atoms with E-state index in [1.807, 2.05) is 48.5 Å². The van der Waals surface area contributed by atoms with Crippen LogP contribution >= 0.6 is 0 Å². The Morgan fingerprint density at radius 3 is 0.650 bits per heavy atom. The molecule has 0 aliphatic rings. The van der Waals surface area contributed by atoms with Gasteiger partial charge in [-0.15, -0.1) is 0 Å². The molecule has 0 unspecified atom stereocenters. The molecule has 0 aromatic carbocycles. The summed E-state index contributed by atoms with van der Waals surface area (Å²) >= 11 is 0. The molecule has 5 heteroatoms. The molecule has 124 valence electrons. The first kappa shape index (κ1) is 37.1. The van der Waals surface area contributed by atoms with Crippen molar-refractivity contribution < 1.29 is 22.4 Å². The van der Waals surface area contributed by atoms with E-state index in [4.69, 9.17) is 0 Å². The molecule has 0 aromatic rings. The number of hydrogen-bond donors (Lipinski definition) is 0. The first-order valence-electron chi connectivity index (χ1n) is 7.35. The van der Waals surface area contributed by atoms with Crippen molar-refractivity contribution in [3.63, 3.8) is 0 Å². The molecule has 0 heterocycles. The van der Waals surface area contributed by atoms with Gasteiger partial charge >= 0.3 is 22.4 Å². The van der Waals surface area contributed by atoms with Gasteiger partial charge in [0.05, 0.1) is 0 Å². The fraction of sp³-hybridized carbons (Fsp3) is 0.933. The van der Waals surface area contributed by atoms with Crippen LogP contribution in [0.15, 0.2) is 0 Å². The van der Waals surface area contributed by atoms with Crippen molar-refractivity contribution in [3.05, 3.63) is 29.0 Å². The minimum absolute atomic E-state index is 0. The van der Waals surface area contributed by atoms with Crippen LogP contribution in [0, 0.1) is 6.92 Å². The molecule has 0 saturated heterocycles. The normalized spacial score (nSPS) is 7.20. The second-order valence-corrected chi connectivity index (χ2v) is 3.07. The van der Waals surface area contributed by atoms with Crippen molar-refractivity contribution in [2.45, 2.75) is 54.9 Å². The third kappa shape index (κ3) is 133. The van der Waals surface area contributed by atoms with Gasteiger partial charge in [-0.25, -0.2) is 0 Å². The molecular formula is C15H39N4Ta. The molecule has 0 amide bonds. The van der Waals surface area contributed by atoms with Crippen molar-refractivity contribution in [2.75, 3.05) is 39.3 Å². The molecule has 0 spiro atoms. The zero-order valence-electron chi connectivity index (χ0n) is 15.0. The average Bonchev–Trinajstić information content (AvgIpc) is 2.35. The minimum Gasteiger partial charge on any atom is -0.693 e. The smallest absolute Gasteiger partial charge is 0.693 e. The van der Waals surface area contributed by atoms with Crippen LogP contribution in [0.3, 0.4) is 0 Å². The van der Waals surface area contributed by atoms with Gasteiger partial charge in [0.25, 0.3) is 0 Å². The zero-order valence-corrected chi connectivity index (χ0v) is 18.2. The van der Waals surface area contributed by atoms with Crippen molar-refractivity contribution in [1.82, 2.24) is 0 Å². The van der Waals surface area contributed by atoms with Crippen LogP contribution in [-0.4, -0.2) is 39.3 Å². The molecule has 0 radical (unpaired) electrons. The predicted molar refractivity (Wildman–Crippen MR) is 94.3 cm³/mol. The van der Waals surface area contributed by atoms with Gasteiger partial charge in [-0.05, 0) is 0 Å². The number of nitrogens with two attached hydrogens (primary N) is 1. The van der Waals surface area contributed by atoms with Crippen molar-refractivity contribution >= 4 is 0 Å². The Morgan fingerprint density at radius 2 is 0.650 bits per heavy atom. The number of rotatable bonds is 6. The monoisotopic (exact) mass is 456 g/mol. The van der Waals surface area contributed by atoms with E-state index in [1.54, 1.807) is 0 Å². The molecule has 0 aliphatic heterocycles. The molecule has 4 nitrogen and oxygen atoms in total. The Kier molecular flexibility index (Phi) is 112. The average molecular weight is 456 g/mol. The van der Waals surface area contributed by atoms with E-state index in [-0.39, 0.29) is 28.5 Å². The molecule has 20 heavy (non-hydrogen) atoms. The fourth-order valence-corrected chi connectivity index (χ4v) is 0.671. The van der Waals surface area contributed by atoms with E-state index in [0.29, 0.717) is 0 Å². The predicted octanol–water partition coefficient (Wildman–Crippen LogP) is 6.14. The molecule has 0 fully saturated rings. The van der Waals surface area contributed by atoms with Crippen LogP contribution in [0.1, 0.15) is 54.9 Å². The van der Waals surface area contributed by atoms with Crippen LogP contribution in [0.5, 0.6) is 0 Å². The molecule has 0 atom stereocenters. The van der Waals surface area contributed by atoms with E-state index in [1.165, 1.54) is 0 Å². The van der Waals surface area contributed by atoms with Crippen LogP contribution in [0.4, 0.5) is 0 Å². The summed E-state index contributed by atoms with van der Waals surface area (Å²) in [5.41, 5.74) is 0. The summed E-state index contributed by atoms with van der Waals surface area (Å²) < 4.78 is 0. The SMILES string of the molecule is CC[N-]CC.CC[N-]CC.CC[N-]CC.[CH2-]CC.[NH2-].[Ta+5]. The maximum Gasteiger partial charge on any atom is 5.00 e. The van der Waals surface area contributed by atoms with Crippen molar-refractivity contribution in [3.8, 4) is 0 Å². The molecular weight excluding hydrogens is 417 g/mol. The van der Waals surface area contributed by atoms with Crippen LogP contribution in [0.2, 0.25) is 0 Å². The maximum atomic E-state index is 3.97. The third-order valence-electron chi connectivity index (χ3n) is 1.34. The quantitative estimate of drug-likeness (QED) is 0.430. The molecule has 0 bridgehead atoms. The van der Waals surface area contributed by atoms with Gasteiger partial charge in [0, 0.05) is 0 Å². The Hall–Kier alpha value is 0.580. The largest absolute Gasteiger partial charge is 5.00 e. The number of hydrogen-bond acceptors (Lipinski definition) is 0. The van der Waals surface area contributed by atoms with Gasteiger partial charge in [-0.1, -0.05) is 48.5 Å². The van der Waals surface area contributed by atoms with E-state index >= 15 is 0 Å². The summed E-state index contributed by atoms with van der Waals surface area (Å²) in [6.07, 6.45) is 1.00. The molecule has 0 aromatic heterocycles. The van der Waals surface area contributed by atoms with E-state index in [0.717, 1.165) is 45.7 Å². The van der Waals surface area contributed by atoms with Gasteiger partial charge < -0.3 is 29.0 Å². The third-order valence-corrected chi connectivity index (χ3v) is 1.34. The van der Waals surface area contributed by atoms with E-state index in [9.17, 15) is 0 Å². The summed E-state index contributed by atoms with van der Waals surface area (Å²) in [5, 5.41) is 11.9. The number of nitrogens with zero attached hydrogens (tertiary/aromatic N) is 3. The molecule has 0 saturated carbocycles. The summed E-state index contributed by atoms with van der Waals surface area (Å²) in [7, 11) is 0. The van der Waals surface area contributed by atoms with Crippen molar-refractivity contribution in [2.24, 2.45) is 0 Å². The first-order valence-corrected chi connectivity index (χ1v) is 7.35. The van der Waals surface area contributed by atoms with Gasteiger partial charge in [0.2, 0.25) is 0 Å². The fourth-order valence-electron chi connectivity index (χ4n) is 0.671. The molecule has 0 aliphatic carbocycles. The summed E-state index contributed by atoms with van der Waals surface area (Å²) in [4.78, 5) is 0. The summed E-state index contributed by atoms with van der Waals surface area (Å²) in [6.45, 7) is 23.6. The Morgan fingerprint density at radius 1 is 0.550 bits per heavy atom. The second kappa shape index (κ2) is 60.4. The van der Waals surface area contributed by atoms with Gasteiger partial charge in [0.15, 0.2) is 0 Å². The summed E-state index contributed by atoms with van der Waals surface area (Å²) in [6, 6.07) is 0. The van der Waals surface area contributed by atoms with E-state index < -0.39 is 0 Å². The molecule has 0 rings (SSSR count). The Bertz CT molecular complexity index is 66.0. The zero-order chi connectivity index (χ0) is 15.1. The Balaban J connectivity index is -0.0000000321. The van der Waals surface area contributed by atoms with Crippen LogP contribution < -0.4 is 0 Å². The van der Waals surface area contributed by atoms with E-state index in [2.05, 4.69) is 22.9 Å². The van der Waals surface area contributed by atoms with Gasteiger partial charge in [-0.2, -0.15) is 45.7 Å². The maximum absolute atomic E-state index is 3.97. The first-order chi connectivity index (χ1) is 8.66. The van der Waals surface area contributed by atoms with Crippen molar-refractivity contribution in [1.29, 1.82) is 0 Å². The Labute approximate surface area is 145 Å². The molecule has 2 N–H and O–H groups in total. The van der Waals surface area contributed by atoms with Gasteiger partial charge in [0.1, 0.15) is 0 Å². The second-order valence-electron chi connectivity index (χ2n) is 3.07. The summed E-state index contributed by atoms with van der Waals surface area (Å²) in [5.74, 6) is 0. The van der Waals surface area contributed by atoms with Gasteiger partial charge in [-0.3, -0.25) is 0 Å². The van der Waals surface area contributed by atoms with Crippen LogP contribution in [-0.2, 0) is 22.4 Å². The minimum atomic E-state index is 0.